The van der Waals surface area contributed by atoms with Gasteiger partial charge in [0.25, 0.3) is 0 Å². The molecule has 0 saturated carbocycles. The molecule has 1 atom stereocenters. The van der Waals surface area contributed by atoms with Gasteiger partial charge in [-0.15, -0.1) is 0 Å². The molecule has 0 spiro atoms. The summed E-state index contributed by atoms with van der Waals surface area (Å²) in [5.74, 6) is 0.0877. The molecule has 0 radical (unpaired) electrons. The van der Waals surface area contributed by atoms with Gasteiger partial charge in [-0.25, -0.2) is 0 Å². The third-order valence-electron chi connectivity index (χ3n) is 2.15. The van der Waals surface area contributed by atoms with Crippen LogP contribution in [0.5, 0.6) is 0 Å². The third kappa shape index (κ3) is 3.71. The van der Waals surface area contributed by atoms with E-state index in [1.54, 1.807) is 0 Å². The molecule has 1 rings (SSSR count). The van der Waals surface area contributed by atoms with E-state index in [0.29, 0.717) is 26.1 Å². The van der Waals surface area contributed by atoms with Gasteiger partial charge in [-0.1, -0.05) is 0 Å². The highest BCUT2D eigenvalue weighted by Crippen LogP contribution is 1.97. The number of nitrogens with zero attached hydrogens (tertiary/aromatic N) is 1. The Morgan fingerprint density at radius 1 is 1.62 bits per heavy atom. The number of carbonyl (C=O) groups is 1. The summed E-state index contributed by atoms with van der Waals surface area (Å²) in [6.45, 7) is 3.01. The maximum Gasteiger partial charge on any atom is 0.221 e. The molecule has 1 amide bonds. The summed E-state index contributed by atoms with van der Waals surface area (Å²) in [5.41, 5.74) is 5.30. The van der Waals surface area contributed by atoms with E-state index in [9.17, 15) is 9.90 Å². The highest BCUT2D eigenvalue weighted by molar-refractivity contribution is 5.76. The lowest BCUT2D eigenvalue weighted by Crippen LogP contribution is -2.38. The summed E-state index contributed by atoms with van der Waals surface area (Å²) >= 11 is 0. The largest absolute Gasteiger partial charge is 0.390 e. The van der Waals surface area contributed by atoms with Crippen LogP contribution in [-0.2, 0) is 4.79 Å². The van der Waals surface area contributed by atoms with E-state index in [-0.39, 0.29) is 12.5 Å². The van der Waals surface area contributed by atoms with E-state index in [0.717, 1.165) is 6.54 Å². The van der Waals surface area contributed by atoms with Crippen LogP contribution in [0.4, 0.5) is 0 Å². The predicted octanol–water partition coefficient (Wildman–Crippen LogP) is -1.87. The van der Waals surface area contributed by atoms with E-state index < -0.39 is 6.10 Å². The fraction of sp³-hybridized carbons (Fsp3) is 0.875. The second-order valence-corrected chi connectivity index (χ2v) is 3.29. The van der Waals surface area contributed by atoms with E-state index in [2.05, 4.69) is 10.2 Å². The molecule has 0 aromatic heterocycles. The summed E-state index contributed by atoms with van der Waals surface area (Å²) in [6.07, 6.45) is 0.0327. The molecular weight excluding hydrogens is 170 g/mol. The molecule has 1 aliphatic rings. The highest BCUT2D eigenvalue weighted by Gasteiger charge is 2.15. The topological polar surface area (TPSA) is 78.6 Å². The zero-order valence-electron chi connectivity index (χ0n) is 7.70. The first kappa shape index (κ1) is 10.4. The third-order valence-corrected chi connectivity index (χ3v) is 2.15. The fourth-order valence-electron chi connectivity index (χ4n) is 1.37. The van der Waals surface area contributed by atoms with Crippen LogP contribution in [0.1, 0.15) is 6.42 Å². The van der Waals surface area contributed by atoms with Crippen molar-refractivity contribution in [3.8, 4) is 0 Å². The first-order valence-corrected chi connectivity index (χ1v) is 4.59. The number of carbonyl (C=O) groups excluding carboxylic acids is 1. The Hall–Kier alpha value is -0.650. The standard InChI is InChI=1S/C8H17N3O2/c9-5-7(12)6-11-3-1-8(13)10-2-4-11/h7,12H,1-6,9H2,(H,10,13). The number of nitrogens with one attached hydrogen (secondary N) is 1. The van der Waals surface area contributed by atoms with Crippen molar-refractivity contribution in [1.29, 1.82) is 0 Å². The van der Waals surface area contributed by atoms with Gasteiger partial charge < -0.3 is 16.2 Å². The number of rotatable bonds is 3. The summed E-state index contributed by atoms with van der Waals surface area (Å²) in [7, 11) is 0. The monoisotopic (exact) mass is 187 g/mol. The maximum absolute atomic E-state index is 11.0. The van der Waals surface area contributed by atoms with Crippen LogP contribution in [-0.4, -0.2) is 54.7 Å². The lowest BCUT2D eigenvalue weighted by molar-refractivity contribution is -0.120. The minimum absolute atomic E-state index is 0.0877. The van der Waals surface area contributed by atoms with Gasteiger partial charge >= 0.3 is 0 Å². The first-order chi connectivity index (χ1) is 6.22. The Morgan fingerprint density at radius 2 is 2.38 bits per heavy atom. The van der Waals surface area contributed by atoms with Crippen LogP contribution in [0.2, 0.25) is 0 Å². The molecule has 1 aliphatic heterocycles. The Labute approximate surface area is 77.9 Å². The average Bonchev–Trinajstić information content (AvgIpc) is 2.31. The highest BCUT2D eigenvalue weighted by atomic mass is 16.3. The Balaban J connectivity index is 2.29. The van der Waals surface area contributed by atoms with Crippen LogP contribution >= 0.6 is 0 Å². The second kappa shape index (κ2) is 5.16. The van der Waals surface area contributed by atoms with Crippen molar-refractivity contribution < 1.29 is 9.90 Å². The maximum atomic E-state index is 11.0. The predicted molar refractivity (Wildman–Crippen MR) is 49.1 cm³/mol. The minimum Gasteiger partial charge on any atom is -0.390 e. The molecule has 0 aromatic rings. The van der Waals surface area contributed by atoms with E-state index >= 15 is 0 Å². The van der Waals surface area contributed by atoms with Crippen LogP contribution in [0.3, 0.4) is 0 Å². The van der Waals surface area contributed by atoms with Crippen LogP contribution in [0, 0.1) is 0 Å². The molecule has 5 heteroatoms. The summed E-state index contributed by atoms with van der Waals surface area (Å²) in [4.78, 5) is 13.0. The van der Waals surface area contributed by atoms with Crippen molar-refractivity contribution in [2.75, 3.05) is 32.7 Å². The zero-order valence-corrected chi connectivity index (χ0v) is 7.70. The number of aliphatic hydroxyl groups excluding tert-OH is 1. The quantitative estimate of drug-likeness (QED) is 0.483. The normalized spacial score (nSPS) is 22.2. The van der Waals surface area contributed by atoms with Gasteiger partial charge in [-0.3, -0.25) is 9.69 Å². The second-order valence-electron chi connectivity index (χ2n) is 3.29. The molecule has 1 fully saturated rings. The molecule has 0 aliphatic carbocycles. The average molecular weight is 187 g/mol. The van der Waals surface area contributed by atoms with Crippen molar-refractivity contribution >= 4 is 5.91 Å². The first-order valence-electron chi connectivity index (χ1n) is 4.59. The van der Waals surface area contributed by atoms with E-state index in [1.807, 2.05) is 0 Å². The lowest BCUT2D eigenvalue weighted by atomic mass is 10.3. The summed E-state index contributed by atoms with van der Waals surface area (Å²) < 4.78 is 0. The van der Waals surface area contributed by atoms with Gasteiger partial charge in [0.05, 0.1) is 6.10 Å². The van der Waals surface area contributed by atoms with Crippen LogP contribution in [0.15, 0.2) is 0 Å². The molecule has 76 valence electrons. The SMILES string of the molecule is NCC(O)CN1CCNC(=O)CC1. The number of hydrogen-bond donors (Lipinski definition) is 3. The van der Waals surface area contributed by atoms with Gasteiger partial charge in [0.1, 0.15) is 0 Å². The molecule has 0 aromatic carbocycles. The van der Waals surface area contributed by atoms with Crippen LogP contribution in [0.25, 0.3) is 0 Å². The van der Waals surface area contributed by atoms with Crippen molar-refractivity contribution in [1.82, 2.24) is 10.2 Å². The van der Waals surface area contributed by atoms with E-state index in [1.165, 1.54) is 0 Å². The number of β-amino-alcohol motifs (C(OH)–C–C–N with tert-alkyl or cyclic N) is 1. The fourth-order valence-corrected chi connectivity index (χ4v) is 1.37. The minimum atomic E-state index is -0.479. The number of amides is 1. The lowest BCUT2D eigenvalue weighted by Gasteiger charge is -2.21. The summed E-state index contributed by atoms with van der Waals surface area (Å²) in [6, 6.07) is 0. The Bertz CT molecular complexity index is 175. The van der Waals surface area contributed by atoms with E-state index in [4.69, 9.17) is 5.73 Å². The molecule has 1 saturated heterocycles. The molecular formula is C8H17N3O2. The van der Waals surface area contributed by atoms with Crippen molar-refractivity contribution in [2.24, 2.45) is 5.73 Å². The van der Waals surface area contributed by atoms with Gasteiger partial charge in [0.15, 0.2) is 0 Å². The Kier molecular flexibility index (Phi) is 4.14. The van der Waals surface area contributed by atoms with Gasteiger partial charge in [0, 0.05) is 39.1 Å². The molecule has 0 bridgehead atoms. The molecule has 5 nitrogen and oxygen atoms in total. The molecule has 4 N–H and O–H groups in total. The van der Waals surface area contributed by atoms with Gasteiger partial charge in [0.2, 0.25) is 5.91 Å². The molecule has 1 unspecified atom stereocenters. The van der Waals surface area contributed by atoms with Crippen LogP contribution < -0.4 is 11.1 Å². The van der Waals surface area contributed by atoms with Crippen molar-refractivity contribution in [2.45, 2.75) is 12.5 Å². The van der Waals surface area contributed by atoms with Gasteiger partial charge in [-0.05, 0) is 0 Å². The number of nitrogens with two attached hydrogens (primary N) is 1. The van der Waals surface area contributed by atoms with Gasteiger partial charge in [-0.2, -0.15) is 0 Å². The molecule has 13 heavy (non-hydrogen) atoms. The summed E-state index contributed by atoms with van der Waals surface area (Å²) in [5, 5.41) is 12.1. The Morgan fingerprint density at radius 3 is 3.08 bits per heavy atom. The van der Waals surface area contributed by atoms with Crippen molar-refractivity contribution in [3.63, 3.8) is 0 Å². The zero-order chi connectivity index (χ0) is 9.68. The molecule has 1 heterocycles. The number of aliphatic hydroxyl groups is 1. The smallest absolute Gasteiger partial charge is 0.221 e. The van der Waals surface area contributed by atoms with Crippen molar-refractivity contribution in [3.05, 3.63) is 0 Å². The number of hydrogen-bond acceptors (Lipinski definition) is 4.